The van der Waals surface area contributed by atoms with E-state index in [1.54, 1.807) is 0 Å². The van der Waals surface area contributed by atoms with E-state index < -0.39 is 17.9 Å². The second kappa shape index (κ2) is 12.2. The molecule has 1 amide bonds. The standard InChI is InChI=1S/C33H38N2O6/c1-5-21-8-7-9-22(6-2)31(21)34-29(36)18-35-17-26(24-12-15-27-28(16-24)40-19-39-27)30(33(37)38)32(35)23-10-13-25(14-11-23)41-20(3)4/h7-16,20,26,30,32H,5-6,17-19H2,1-4H3,(H,34,36)(H,37,38)/t26-,30-,32+/m0/s1. The van der Waals surface area contributed by atoms with Gasteiger partial charge in [-0.05, 0) is 73.2 Å². The molecule has 5 rings (SSSR count). The van der Waals surface area contributed by atoms with Crippen LogP contribution in [-0.4, -0.2) is 47.9 Å². The number of carboxylic acid groups (broad SMARTS) is 1. The van der Waals surface area contributed by atoms with Crippen LogP contribution in [0.1, 0.15) is 61.9 Å². The first kappa shape index (κ1) is 28.5. The lowest BCUT2D eigenvalue weighted by atomic mass is 9.82. The lowest BCUT2D eigenvalue weighted by Crippen LogP contribution is -2.35. The summed E-state index contributed by atoms with van der Waals surface area (Å²) in [7, 11) is 0. The van der Waals surface area contributed by atoms with Crippen molar-refractivity contribution in [2.75, 3.05) is 25.2 Å². The highest BCUT2D eigenvalue weighted by Crippen LogP contribution is 2.47. The molecule has 3 aromatic rings. The predicted octanol–water partition coefficient (Wildman–Crippen LogP) is 5.81. The first-order valence-corrected chi connectivity index (χ1v) is 14.3. The molecule has 1 fully saturated rings. The number of amides is 1. The average molecular weight is 559 g/mol. The lowest BCUT2D eigenvalue weighted by molar-refractivity contribution is -0.143. The van der Waals surface area contributed by atoms with Crippen LogP contribution >= 0.6 is 0 Å². The van der Waals surface area contributed by atoms with E-state index in [0.717, 1.165) is 40.8 Å². The molecule has 2 heterocycles. The van der Waals surface area contributed by atoms with Crippen LogP contribution in [0.15, 0.2) is 60.7 Å². The molecular formula is C33H38N2O6. The number of hydrogen-bond acceptors (Lipinski definition) is 6. The summed E-state index contributed by atoms with van der Waals surface area (Å²) in [5, 5.41) is 13.7. The van der Waals surface area contributed by atoms with Crippen LogP contribution < -0.4 is 19.5 Å². The molecule has 0 saturated carbocycles. The Morgan fingerprint density at radius 1 is 0.976 bits per heavy atom. The minimum atomic E-state index is -0.910. The molecule has 0 aromatic heterocycles. The van der Waals surface area contributed by atoms with Gasteiger partial charge in [0.05, 0.1) is 18.6 Å². The molecule has 2 aliphatic rings. The van der Waals surface area contributed by atoms with Gasteiger partial charge in [0.2, 0.25) is 12.7 Å². The molecule has 2 aliphatic heterocycles. The number of hydrogen-bond donors (Lipinski definition) is 2. The minimum Gasteiger partial charge on any atom is -0.491 e. The topological polar surface area (TPSA) is 97.3 Å². The van der Waals surface area contributed by atoms with Gasteiger partial charge in [-0.25, -0.2) is 0 Å². The van der Waals surface area contributed by atoms with Gasteiger partial charge in [0.25, 0.3) is 0 Å². The van der Waals surface area contributed by atoms with Crippen molar-refractivity contribution in [2.45, 2.75) is 58.6 Å². The van der Waals surface area contributed by atoms with E-state index in [2.05, 4.69) is 19.2 Å². The van der Waals surface area contributed by atoms with Crippen molar-refractivity contribution in [3.05, 3.63) is 82.9 Å². The Bertz CT molecular complexity index is 1380. The Morgan fingerprint density at radius 3 is 2.27 bits per heavy atom. The molecule has 0 spiro atoms. The first-order valence-electron chi connectivity index (χ1n) is 14.3. The largest absolute Gasteiger partial charge is 0.491 e. The fraction of sp³-hybridized carbons (Fsp3) is 0.394. The summed E-state index contributed by atoms with van der Waals surface area (Å²) in [4.78, 5) is 28.5. The maximum atomic E-state index is 13.6. The van der Waals surface area contributed by atoms with Crippen LogP contribution in [0.25, 0.3) is 0 Å². The molecule has 8 heteroatoms. The molecule has 3 aromatic carbocycles. The Kier molecular flexibility index (Phi) is 8.49. The fourth-order valence-corrected chi connectivity index (χ4v) is 6.05. The Hall–Kier alpha value is -4.04. The molecule has 1 saturated heterocycles. The zero-order valence-electron chi connectivity index (χ0n) is 24.1. The number of aliphatic carboxylic acids is 1. The van der Waals surface area contributed by atoms with Gasteiger partial charge >= 0.3 is 5.97 Å². The van der Waals surface area contributed by atoms with E-state index in [0.29, 0.717) is 23.8 Å². The number of ether oxygens (including phenoxy) is 3. The van der Waals surface area contributed by atoms with Crippen LogP contribution in [0.2, 0.25) is 0 Å². The summed E-state index contributed by atoms with van der Waals surface area (Å²) >= 11 is 0. The molecule has 41 heavy (non-hydrogen) atoms. The highest BCUT2D eigenvalue weighted by Gasteiger charge is 2.48. The number of nitrogens with zero attached hydrogens (tertiary/aromatic N) is 1. The van der Waals surface area contributed by atoms with Crippen LogP contribution in [-0.2, 0) is 22.4 Å². The molecule has 2 N–H and O–H groups in total. The van der Waals surface area contributed by atoms with Crippen molar-refractivity contribution >= 4 is 17.6 Å². The maximum Gasteiger partial charge on any atom is 0.309 e. The number of aryl methyl sites for hydroxylation is 2. The van der Waals surface area contributed by atoms with E-state index in [1.165, 1.54) is 0 Å². The van der Waals surface area contributed by atoms with E-state index >= 15 is 0 Å². The second-order valence-corrected chi connectivity index (χ2v) is 10.9. The van der Waals surface area contributed by atoms with Crippen LogP contribution in [0, 0.1) is 5.92 Å². The first-order chi connectivity index (χ1) is 19.8. The number of para-hydroxylation sites is 1. The third kappa shape index (κ3) is 6.03. The molecule has 0 bridgehead atoms. The SMILES string of the molecule is CCc1cccc(CC)c1NC(=O)CN1C[C@@H](c2ccc3c(c2)OCO3)[C@H](C(=O)O)[C@H]1c1ccc(OC(C)C)cc1. The minimum absolute atomic E-state index is 0.0219. The van der Waals surface area contributed by atoms with Gasteiger partial charge in [-0.2, -0.15) is 0 Å². The number of likely N-dealkylation sites (tertiary alicyclic amines) is 1. The zero-order valence-corrected chi connectivity index (χ0v) is 24.1. The van der Waals surface area contributed by atoms with E-state index in [9.17, 15) is 14.7 Å². The van der Waals surface area contributed by atoms with Gasteiger partial charge in [-0.3, -0.25) is 14.5 Å². The maximum absolute atomic E-state index is 13.6. The molecule has 0 aliphatic carbocycles. The third-order valence-electron chi connectivity index (χ3n) is 7.91. The number of carbonyl (C=O) groups is 2. The molecule has 8 nitrogen and oxygen atoms in total. The average Bonchev–Trinajstić information content (AvgIpc) is 3.57. The zero-order chi connectivity index (χ0) is 29.1. The quantitative estimate of drug-likeness (QED) is 0.324. The van der Waals surface area contributed by atoms with Gasteiger partial charge in [0, 0.05) is 24.2 Å². The molecule has 216 valence electrons. The summed E-state index contributed by atoms with van der Waals surface area (Å²) in [6.45, 7) is 8.66. The number of benzene rings is 3. The number of fused-ring (bicyclic) bond motifs is 1. The summed E-state index contributed by atoms with van der Waals surface area (Å²) in [5.41, 5.74) is 4.69. The summed E-state index contributed by atoms with van der Waals surface area (Å²) < 4.78 is 16.9. The van der Waals surface area contributed by atoms with E-state index in [4.69, 9.17) is 14.2 Å². The van der Waals surface area contributed by atoms with Gasteiger partial charge in [-0.1, -0.05) is 50.2 Å². The molecule has 3 atom stereocenters. The molecule has 0 unspecified atom stereocenters. The van der Waals surface area contributed by atoms with Crippen LogP contribution in [0.4, 0.5) is 5.69 Å². The van der Waals surface area contributed by atoms with Crippen molar-refractivity contribution in [3.8, 4) is 17.2 Å². The fourth-order valence-electron chi connectivity index (χ4n) is 6.05. The van der Waals surface area contributed by atoms with Crippen molar-refractivity contribution in [2.24, 2.45) is 5.92 Å². The summed E-state index contributed by atoms with van der Waals surface area (Å²) in [5.74, 6) is -0.247. The summed E-state index contributed by atoms with van der Waals surface area (Å²) in [6.07, 6.45) is 1.62. The highest BCUT2D eigenvalue weighted by molar-refractivity contribution is 5.94. The van der Waals surface area contributed by atoms with Crippen LogP contribution in [0.3, 0.4) is 0 Å². The Balaban J connectivity index is 1.48. The van der Waals surface area contributed by atoms with Crippen molar-refractivity contribution in [1.82, 2.24) is 4.90 Å². The number of anilines is 1. The summed E-state index contributed by atoms with van der Waals surface area (Å²) in [6, 6.07) is 18.7. The Labute approximate surface area is 241 Å². The van der Waals surface area contributed by atoms with Gasteiger partial charge < -0.3 is 24.6 Å². The number of carbonyl (C=O) groups excluding carboxylic acids is 1. The number of nitrogens with one attached hydrogen (secondary N) is 1. The van der Waals surface area contributed by atoms with Gasteiger partial charge in [-0.15, -0.1) is 0 Å². The third-order valence-corrected chi connectivity index (χ3v) is 7.91. The Morgan fingerprint density at radius 2 is 1.63 bits per heavy atom. The van der Waals surface area contributed by atoms with E-state index in [-0.39, 0.29) is 31.3 Å². The van der Waals surface area contributed by atoms with Crippen LogP contribution in [0.5, 0.6) is 17.2 Å². The normalized spacial score (nSPS) is 19.9. The van der Waals surface area contributed by atoms with E-state index in [1.807, 2.05) is 79.4 Å². The monoisotopic (exact) mass is 558 g/mol. The predicted molar refractivity (Wildman–Crippen MR) is 157 cm³/mol. The van der Waals surface area contributed by atoms with Crippen molar-refractivity contribution < 1.29 is 28.9 Å². The van der Waals surface area contributed by atoms with Gasteiger partial charge in [0.15, 0.2) is 11.5 Å². The molecule has 0 radical (unpaired) electrons. The smallest absolute Gasteiger partial charge is 0.309 e. The van der Waals surface area contributed by atoms with Crippen molar-refractivity contribution in [1.29, 1.82) is 0 Å². The second-order valence-electron chi connectivity index (χ2n) is 10.9. The molecular weight excluding hydrogens is 520 g/mol. The van der Waals surface area contributed by atoms with Crippen molar-refractivity contribution in [3.63, 3.8) is 0 Å². The number of rotatable bonds is 10. The van der Waals surface area contributed by atoms with Gasteiger partial charge in [0.1, 0.15) is 5.75 Å². The highest BCUT2D eigenvalue weighted by atomic mass is 16.7. The lowest BCUT2D eigenvalue weighted by Gasteiger charge is -2.27. The number of carboxylic acids is 1.